The highest BCUT2D eigenvalue weighted by Gasteiger charge is 2.14. The number of nitrogens with zero attached hydrogens (tertiary/aromatic N) is 2. The summed E-state index contributed by atoms with van der Waals surface area (Å²) >= 11 is 6.97. The molecule has 0 N–H and O–H groups in total. The van der Waals surface area contributed by atoms with E-state index in [0.717, 1.165) is 15.9 Å². The molecule has 0 bridgehead atoms. The summed E-state index contributed by atoms with van der Waals surface area (Å²) in [6, 6.07) is 4.54. The van der Waals surface area contributed by atoms with Crippen molar-refractivity contribution in [1.82, 2.24) is 9.36 Å². The van der Waals surface area contributed by atoms with Crippen molar-refractivity contribution < 1.29 is 0 Å². The van der Waals surface area contributed by atoms with Crippen LogP contribution in [0.15, 0.2) is 29.1 Å². The summed E-state index contributed by atoms with van der Waals surface area (Å²) in [5.41, 5.74) is 1.21. The van der Waals surface area contributed by atoms with E-state index in [1.165, 1.54) is 52.1 Å². The molecule has 1 atom stereocenters. The fraction of sp³-hybridized carbons (Fsp3) is 0.444. The van der Waals surface area contributed by atoms with Crippen LogP contribution in [0.5, 0.6) is 0 Å². The number of pyridine rings is 1. The molecule has 0 aliphatic rings. The summed E-state index contributed by atoms with van der Waals surface area (Å²) in [6.07, 6.45) is 10.3. The molecule has 1 unspecified atom stereocenters. The van der Waals surface area contributed by atoms with E-state index in [1.54, 1.807) is 11.5 Å². The molecule has 0 radical (unpaired) electrons. The summed E-state index contributed by atoms with van der Waals surface area (Å²) in [5, 5.41) is 1.11. The van der Waals surface area contributed by atoms with Crippen LogP contribution in [-0.2, 0) is 6.42 Å². The minimum absolute atomic E-state index is 0.813. The van der Waals surface area contributed by atoms with Crippen molar-refractivity contribution in [2.24, 2.45) is 5.92 Å². The van der Waals surface area contributed by atoms with Crippen LogP contribution in [0.25, 0.3) is 20.5 Å². The van der Waals surface area contributed by atoms with Crippen LogP contribution < -0.4 is 0 Å². The lowest BCUT2D eigenvalue weighted by atomic mass is 9.95. The molecule has 5 heteroatoms. The van der Waals surface area contributed by atoms with Gasteiger partial charge in [0.05, 0.1) is 10.9 Å². The summed E-state index contributed by atoms with van der Waals surface area (Å²) in [7, 11) is 0. The predicted molar refractivity (Wildman–Crippen MR) is 105 cm³/mol. The number of hydrogen-bond donors (Lipinski definition) is 0. The first-order valence-corrected chi connectivity index (χ1v) is 10.6. The van der Waals surface area contributed by atoms with E-state index in [0.29, 0.717) is 0 Å². The van der Waals surface area contributed by atoms with E-state index < -0.39 is 0 Å². The molecule has 122 valence electrons. The van der Waals surface area contributed by atoms with Crippen LogP contribution in [0.4, 0.5) is 0 Å². The zero-order chi connectivity index (χ0) is 16.2. The van der Waals surface area contributed by atoms with Crippen molar-refractivity contribution in [2.45, 2.75) is 46.0 Å². The molecule has 0 aliphatic carbocycles. The van der Waals surface area contributed by atoms with Gasteiger partial charge in [0.2, 0.25) is 0 Å². The van der Waals surface area contributed by atoms with E-state index >= 15 is 0 Å². The van der Waals surface area contributed by atoms with Crippen molar-refractivity contribution in [3.63, 3.8) is 0 Å². The van der Waals surface area contributed by atoms with Crippen LogP contribution in [0.2, 0.25) is 0 Å². The van der Waals surface area contributed by atoms with E-state index in [-0.39, 0.29) is 0 Å². The van der Waals surface area contributed by atoms with Crippen molar-refractivity contribution >= 4 is 48.9 Å². The Morgan fingerprint density at radius 2 is 2.09 bits per heavy atom. The molecule has 23 heavy (non-hydrogen) atoms. The first-order chi connectivity index (χ1) is 11.2. The topological polar surface area (TPSA) is 25.8 Å². The molecule has 0 saturated carbocycles. The Bertz CT molecular complexity index is 778. The number of unbranched alkanes of at least 4 members (excludes halogenated alkanes) is 1. The maximum atomic E-state index is 4.47. The standard InChI is InChI=1S/C18H21BrN2S2/c1-3-5-6-12(4-2)9-13-7-8-16(22-13)14-10-20-18(19)15-11-21-23-17(14)15/h7-8,10-12H,3-6,9H2,1-2H3. The molecule has 0 amide bonds. The fourth-order valence-corrected chi connectivity index (χ4v) is 5.38. The average molecular weight is 409 g/mol. The molecule has 0 spiro atoms. The van der Waals surface area contributed by atoms with Gasteiger partial charge in [-0.15, -0.1) is 11.3 Å². The number of aromatic nitrogens is 2. The summed E-state index contributed by atoms with van der Waals surface area (Å²) < 4.78 is 6.43. The Morgan fingerprint density at radius 3 is 2.87 bits per heavy atom. The van der Waals surface area contributed by atoms with Crippen LogP contribution >= 0.6 is 38.8 Å². The molecule has 0 saturated heterocycles. The second-order valence-corrected chi connectivity index (χ2v) is 8.64. The number of thiophene rings is 1. The van der Waals surface area contributed by atoms with Crippen molar-refractivity contribution in [3.8, 4) is 10.4 Å². The Kier molecular flexibility index (Phi) is 5.83. The van der Waals surface area contributed by atoms with Crippen molar-refractivity contribution in [1.29, 1.82) is 0 Å². The lowest BCUT2D eigenvalue weighted by Crippen LogP contribution is -2.01. The first-order valence-electron chi connectivity index (χ1n) is 8.20. The minimum Gasteiger partial charge on any atom is -0.248 e. The predicted octanol–water partition coefficient (Wildman–Crippen LogP) is 6.94. The van der Waals surface area contributed by atoms with Gasteiger partial charge in [0.15, 0.2) is 0 Å². The third-order valence-corrected chi connectivity index (χ3v) is 6.91. The Hall–Kier alpha value is -0.780. The quantitative estimate of drug-likeness (QED) is 0.395. The second kappa shape index (κ2) is 7.86. The van der Waals surface area contributed by atoms with E-state index in [2.05, 4.69) is 51.3 Å². The van der Waals surface area contributed by atoms with Gasteiger partial charge in [-0.1, -0.05) is 39.5 Å². The smallest absolute Gasteiger partial charge is 0.116 e. The highest BCUT2D eigenvalue weighted by molar-refractivity contribution is 9.10. The molecule has 3 heterocycles. The van der Waals surface area contributed by atoms with Gasteiger partial charge in [-0.05, 0) is 51.9 Å². The van der Waals surface area contributed by atoms with Gasteiger partial charge in [-0.3, -0.25) is 0 Å². The summed E-state index contributed by atoms with van der Waals surface area (Å²) in [6.45, 7) is 4.59. The molecule has 3 aromatic heterocycles. The Labute approximate surface area is 154 Å². The van der Waals surface area contributed by atoms with Gasteiger partial charge in [0.25, 0.3) is 0 Å². The van der Waals surface area contributed by atoms with Gasteiger partial charge < -0.3 is 0 Å². The molecular formula is C18H21BrN2S2. The van der Waals surface area contributed by atoms with Gasteiger partial charge in [0.1, 0.15) is 4.60 Å². The highest BCUT2D eigenvalue weighted by Crippen LogP contribution is 2.38. The molecular weight excluding hydrogens is 388 g/mol. The summed E-state index contributed by atoms with van der Waals surface area (Å²) in [4.78, 5) is 7.27. The molecule has 0 fully saturated rings. The molecule has 0 aliphatic heterocycles. The Morgan fingerprint density at radius 1 is 1.22 bits per heavy atom. The van der Waals surface area contributed by atoms with Gasteiger partial charge in [-0.2, -0.15) is 4.37 Å². The maximum absolute atomic E-state index is 4.47. The molecule has 3 aromatic rings. The normalized spacial score (nSPS) is 12.8. The van der Waals surface area contributed by atoms with Crippen LogP contribution in [-0.4, -0.2) is 9.36 Å². The highest BCUT2D eigenvalue weighted by atomic mass is 79.9. The van der Waals surface area contributed by atoms with Gasteiger partial charge >= 0.3 is 0 Å². The van der Waals surface area contributed by atoms with Gasteiger partial charge in [-0.25, -0.2) is 4.98 Å². The van der Waals surface area contributed by atoms with E-state index in [1.807, 2.05) is 23.7 Å². The zero-order valence-corrected chi connectivity index (χ0v) is 16.7. The monoisotopic (exact) mass is 408 g/mol. The zero-order valence-electron chi connectivity index (χ0n) is 13.5. The number of halogens is 1. The fourth-order valence-electron chi connectivity index (χ4n) is 2.87. The van der Waals surface area contributed by atoms with Crippen LogP contribution in [0.3, 0.4) is 0 Å². The average Bonchev–Trinajstić information content (AvgIpc) is 3.21. The van der Waals surface area contributed by atoms with Crippen molar-refractivity contribution in [2.75, 3.05) is 0 Å². The minimum atomic E-state index is 0.813. The largest absolute Gasteiger partial charge is 0.248 e. The van der Waals surface area contributed by atoms with Crippen LogP contribution in [0.1, 0.15) is 44.4 Å². The lowest BCUT2D eigenvalue weighted by molar-refractivity contribution is 0.452. The molecule has 2 nitrogen and oxygen atoms in total. The number of fused-ring (bicyclic) bond motifs is 1. The maximum Gasteiger partial charge on any atom is 0.116 e. The molecule has 3 rings (SSSR count). The third kappa shape index (κ3) is 3.83. The number of hydrogen-bond acceptors (Lipinski definition) is 4. The second-order valence-electron chi connectivity index (χ2n) is 5.92. The summed E-state index contributed by atoms with van der Waals surface area (Å²) in [5.74, 6) is 0.813. The van der Waals surface area contributed by atoms with Gasteiger partial charge in [0, 0.05) is 26.9 Å². The molecule has 0 aromatic carbocycles. The third-order valence-electron chi connectivity index (χ3n) is 4.30. The SMILES string of the molecule is CCCCC(CC)Cc1ccc(-c2cnc(Br)c3cnsc23)s1. The van der Waals surface area contributed by atoms with E-state index in [9.17, 15) is 0 Å². The number of rotatable bonds is 7. The van der Waals surface area contributed by atoms with Crippen LogP contribution in [0, 0.1) is 5.92 Å². The van der Waals surface area contributed by atoms with E-state index in [4.69, 9.17) is 0 Å². The lowest BCUT2D eigenvalue weighted by Gasteiger charge is -2.12. The Balaban J connectivity index is 1.83. The first kappa shape index (κ1) is 17.1. The van der Waals surface area contributed by atoms with Crippen molar-refractivity contribution in [3.05, 3.63) is 34.0 Å².